The standard InChI is InChI=1S/C21H24N2O4.ClH/c1-2-3-4-14-5-7-15(8-6-14)18(24)9-10-21(25)23-17-12-20-19(11-16(17)22)26-13-27-20;/h5-8,11-12H,2-4,9-10,13,22H2,1H3,(H,23,25);1H. The van der Waals surface area contributed by atoms with Crippen LogP contribution in [0.4, 0.5) is 11.4 Å². The van der Waals surface area contributed by atoms with Crippen LogP contribution in [0.1, 0.15) is 48.5 Å². The fourth-order valence-electron chi connectivity index (χ4n) is 2.89. The topological polar surface area (TPSA) is 90.7 Å². The maximum Gasteiger partial charge on any atom is 0.231 e. The molecule has 2 aromatic rings. The second-order valence-electron chi connectivity index (χ2n) is 6.56. The van der Waals surface area contributed by atoms with Crippen LogP contribution in [0.5, 0.6) is 11.5 Å². The summed E-state index contributed by atoms with van der Waals surface area (Å²) in [5.41, 5.74) is 8.62. The van der Waals surface area contributed by atoms with Crippen molar-refractivity contribution in [1.82, 2.24) is 0 Å². The average molecular weight is 405 g/mol. The number of rotatable bonds is 8. The number of anilines is 2. The van der Waals surface area contributed by atoms with Gasteiger partial charge in [0.05, 0.1) is 11.4 Å². The highest BCUT2D eigenvalue weighted by atomic mass is 35.5. The molecule has 0 atom stereocenters. The summed E-state index contributed by atoms with van der Waals surface area (Å²) in [5.74, 6) is 0.779. The molecule has 1 heterocycles. The van der Waals surface area contributed by atoms with E-state index in [0.29, 0.717) is 28.4 Å². The minimum atomic E-state index is -0.270. The Labute approximate surface area is 170 Å². The number of unbranched alkanes of at least 4 members (excludes halogenated alkanes) is 1. The van der Waals surface area contributed by atoms with E-state index in [9.17, 15) is 9.59 Å². The largest absolute Gasteiger partial charge is 0.454 e. The van der Waals surface area contributed by atoms with Crippen molar-refractivity contribution in [2.24, 2.45) is 0 Å². The Balaban J connectivity index is 0.00000280. The maximum atomic E-state index is 12.3. The van der Waals surface area contributed by atoms with Crippen molar-refractivity contribution in [3.05, 3.63) is 47.5 Å². The van der Waals surface area contributed by atoms with Gasteiger partial charge in [-0.05, 0) is 18.4 Å². The third-order valence-corrected chi connectivity index (χ3v) is 4.49. The van der Waals surface area contributed by atoms with E-state index in [1.54, 1.807) is 12.1 Å². The number of nitrogens with one attached hydrogen (secondary N) is 1. The van der Waals surface area contributed by atoms with E-state index in [4.69, 9.17) is 15.2 Å². The van der Waals surface area contributed by atoms with E-state index in [1.165, 1.54) is 5.56 Å². The van der Waals surface area contributed by atoms with Crippen LogP contribution in [-0.4, -0.2) is 18.5 Å². The number of halogens is 1. The molecule has 0 aromatic heterocycles. The molecule has 28 heavy (non-hydrogen) atoms. The van der Waals surface area contributed by atoms with Crippen molar-refractivity contribution in [3.8, 4) is 11.5 Å². The van der Waals surface area contributed by atoms with Crippen molar-refractivity contribution in [3.63, 3.8) is 0 Å². The van der Waals surface area contributed by atoms with Gasteiger partial charge in [-0.1, -0.05) is 37.6 Å². The number of hydrogen-bond acceptors (Lipinski definition) is 5. The van der Waals surface area contributed by atoms with Crippen LogP contribution in [0.25, 0.3) is 0 Å². The zero-order valence-electron chi connectivity index (χ0n) is 15.8. The molecule has 3 rings (SSSR count). The number of aryl methyl sites for hydroxylation is 1. The molecule has 0 spiro atoms. The molecule has 3 N–H and O–H groups in total. The Hall–Kier alpha value is -2.73. The second-order valence-corrected chi connectivity index (χ2v) is 6.56. The fourth-order valence-corrected chi connectivity index (χ4v) is 2.89. The normalized spacial score (nSPS) is 11.6. The minimum Gasteiger partial charge on any atom is -0.454 e. The molecule has 1 aliphatic heterocycles. The van der Waals surface area contributed by atoms with E-state index >= 15 is 0 Å². The lowest BCUT2D eigenvalue weighted by Crippen LogP contribution is -2.14. The van der Waals surface area contributed by atoms with Crippen molar-refractivity contribution in [2.45, 2.75) is 39.0 Å². The number of nitrogens with two attached hydrogens (primary N) is 1. The van der Waals surface area contributed by atoms with E-state index in [1.807, 2.05) is 24.3 Å². The van der Waals surface area contributed by atoms with Gasteiger partial charge in [0.25, 0.3) is 0 Å². The Bertz CT molecular complexity index is 837. The molecular formula is C21H25ClN2O4. The number of ether oxygens (including phenoxy) is 2. The first-order chi connectivity index (χ1) is 13.1. The molecule has 2 aromatic carbocycles. The van der Waals surface area contributed by atoms with Crippen LogP contribution in [0.2, 0.25) is 0 Å². The maximum absolute atomic E-state index is 12.3. The van der Waals surface area contributed by atoms with Gasteiger partial charge >= 0.3 is 0 Å². The molecule has 0 saturated heterocycles. The Morgan fingerprint density at radius 1 is 1.07 bits per heavy atom. The predicted octanol–water partition coefficient (Wildman–Crippen LogP) is 4.36. The zero-order valence-corrected chi connectivity index (χ0v) is 16.6. The highest BCUT2D eigenvalue weighted by Crippen LogP contribution is 2.38. The van der Waals surface area contributed by atoms with Crippen molar-refractivity contribution >= 4 is 35.5 Å². The molecule has 150 valence electrons. The first-order valence-corrected chi connectivity index (χ1v) is 9.18. The van der Waals surface area contributed by atoms with E-state index in [-0.39, 0.29) is 43.7 Å². The van der Waals surface area contributed by atoms with Gasteiger partial charge in [0, 0.05) is 30.5 Å². The van der Waals surface area contributed by atoms with Crippen LogP contribution in [-0.2, 0) is 11.2 Å². The molecule has 0 aliphatic carbocycles. The third kappa shape index (κ3) is 5.39. The smallest absolute Gasteiger partial charge is 0.231 e. The summed E-state index contributed by atoms with van der Waals surface area (Å²) in [6, 6.07) is 10.9. The molecule has 7 heteroatoms. The molecule has 1 aliphatic rings. The van der Waals surface area contributed by atoms with Crippen LogP contribution in [0.15, 0.2) is 36.4 Å². The first-order valence-electron chi connectivity index (χ1n) is 9.18. The van der Waals surface area contributed by atoms with Crippen LogP contribution < -0.4 is 20.5 Å². The van der Waals surface area contributed by atoms with Crippen molar-refractivity contribution < 1.29 is 19.1 Å². The second kappa shape index (κ2) is 9.99. The van der Waals surface area contributed by atoms with Gasteiger partial charge in [-0.15, -0.1) is 12.4 Å². The van der Waals surface area contributed by atoms with Crippen LogP contribution in [0.3, 0.4) is 0 Å². The predicted molar refractivity (Wildman–Crippen MR) is 111 cm³/mol. The molecule has 0 radical (unpaired) electrons. The average Bonchev–Trinajstić information content (AvgIpc) is 3.12. The molecule has 6 nitrogen and oxygen atoms in total. The summed E-state index contributed by atoms with van der Waals surface area (Å²) in [5, 5.41) is 2.73. The number of carbonyl (C=O) groups excluding carboxylic acids is 2. The summed E-state index contributed by atoms with van der Waals surface area (Å²) in [4.78, 5) is 24.5. The first kappa shape index (κ1) is 21.6. The van der Waals surface area contributed by atoms with Crippen molar-refractivity contribution in [1.29, 1.82) is 0 Å². The van der Waals surface area contributed by atoms with E-state index < -0.39 is 0 Å². The van der Waals surface area contributed by atoms with Crippen molar-refractivity contribution in [2.75, 3.05) is 17.8 Å². The summed E-state index contributed by atoms with van der Waals surface area (Å²) in [7, 11) is 0. The molecule has 1 amide bonds. The quantitative estimate of drug-likeness (QED) is 0.503. The third-order valence-electron chi connectivity index (χ3n) is 4.49. The number of carbonyl (C=O) groups is 2. The van der Waals surface area contributed by atoms with E-state index in [2.05, 4.69) is 12.2 Å². The number of ketones is 1. The summed E-state index contributed by atoms with van der Waals surface area (Å²) >= 11 is 0. The number of amides is 1. The molecule has 0 unspecified atom stereocenters. The number of nitrogen functional groups attached to an aromatic ring is 1. The van der Waals surface area contributed by atoms with Gasteiger partial charge in [0.15, 0.2) is 17.3 Å². The molecule has 0 saturated carbocycles. The molecule has 0 fully saturated rings. The van der Waals surface area contributed by atoms with E-state index in [0.717, 1.165) is 19.3 Å². The number of Topliss-reactive ketones (excluding diaryl/α,β-unsaturated/α-hetero) is 1. The zero-order chi connectivity index (χ0) is 19.2. The fraction of sp³-hybridized carbons (Fsp3) is 0.333. The lowest BCUT2D eigenvalue weighted by atomic mass is 10.0. The van der Waals surface area contributed by atoms with Gasteiger partial charge in [0.2, 0.25) is 12.7 Å². The Morgan fingerprint density at radius 3 is 2.43 bits per heavy atom. The van der Waals surface area contributed by atoms with Gasteiger partial charge in [-0.2, -0.15) is 0 Å². The SMILES string of the molecule is CCCCc1ccc(C(=O)CCC(=O)Nc2cc3c(cc2N)OCO3)cc1.Cl. The highest BCUT2D eigenvalue weighted by Gasteiger charge is 2.17. The Morgan fingerprint density at radius 2 is 1.75 bits per heavy atom. The number of hydrogen-bond donors (Lipinski definition) is 2. The van der Waals surface area contributed by atoms with Crippen LogP contribution >= 0.6 is 12.4 Å². The summed E-state index contributed by atoms with van der Waals surface area (Å²) in [6.45, 7) is 2.29. The van der Waals surface area contributed by atoms with Gasteiger partial charge < -0.3 is 20.5 Å². The lowest BCUT2D eigenvalue weighted by molar-refractivity contribution is -0.116. The van der Waals surface area contributed by atoms with Gasteiger partial charge in [-0.25, -0.2) is 0 Å². The summed E-state index contributed by atoms with van der Waals surface area (Å²) in [6.07, 6.45) is 3.53. The number of benzene rings is 2. The highest BCUT2D eigenvalue weighted by molar-refractivity contribution is 6.01. The molecular weight excluding hydrogens is 380 g/mol. The Kier molecular flexibility index (Phi) is 7.70. The van der Waals surface area contributed by atoms with Gasteiger partial charge in [0.1, 0.15) is 0 Å². The minimum absolute atomic E-state index is 0. The summed E-state index contributed by atoms with van der Waals surface area (Å²) < 4.78 is 10.5. The molecule has 0 bridgehead atoms. The van der Waals surface area contributed by atoms with Crippen LogP contribution in [0, 0.1) is 0 Å². The number of fused-ring (bicyclic) bond motifs is 1. The monoisotopic (exact) mass is 404 g/mol. The lowest BCUT2D eigenvalue weighted by Gasteiger charge is -2.09. The van der Waals surface area contributed by atoms with Gasteiger partial charge in [-0.3, -0.25) is 9.59 Å².